The van der Waals surface area contributed by atoms with E-state index in [-0.39, 0.29) is 12.3 Å². The monoisotopic (exact) mass is 276 g/mol. The Morgan fingerprint density at radius 3 is 2.89 bits per heavy atom. The molecule has 6 heteroatoms. The number of thiophene rings is 1. The van der Waals surface area contributed by atoms with Gasteiger partial charge in [-0.25, -0.2) is 4.79 Å². The number of rotatable bonds is 5. The van der Waals surface area contributed by atoms with Crippen LogP contribution in [0, 0.1) is 0 Å². The van der Waals surface area contributed by atoms with Gasteiger partial charge in [0.1, 0.15) is 0 Å². The molecule has 0 fully saturated rings. The Morgan fingerprint density at radius 1 is 1.37 bits per heavy atom. The number of aromatic nitrogens is 1. The number of esters is 1. The van der Waals surface area contributed by atoms with Crippen molar-refractivity contribution < 1.29 is 14.4 Å². The summed E-state index contributed by atoms with van der Waals surface area (Å²) < 4.78 is 4.68. The molecule has 0 saturated carbocycles. The van der Waals surface area contributed by atoms with Crippen LogP contribution in [0.3, 0.4) is 0 Å². The summed E-state index contributed by atoms with van der Waals surface area (Å²) in [7, 11) is 1.31. The lowest BCUT2D eigenvalue weighted by Gasteiger charge is -2.03. The zero-order valence-corrected chi connectivity index (χ0v) is 11.1. The molecule has 2 heterocycles. The van der Waals surface area contributed by atoms with Crippen molar-refractivity contribution in [2.75, 3.05) is 7.11 Å². The number of hydrogen-bond donors (Lipinski definition) is 0. The molecular formula is C13H12N2O3S. The van der Waals surface area contributed by atoms with Crippen LogP contribution in [0.4, 0.5) is 0 Å². The quantitative estimate of drug-likeness (QED) is 0.477. The van der Waals surface area contributed by atoms with Gasteiger partial charge in [-0.2, -0.15) is 0 Å². The highest BCUT2D eigenvalue weighted by Crippen LogP contribution is 2.11. The Bertz CT molecular complexity index is 553. The van der Waals surface area contributed by atoms with Crippen molar-refractivity contribution in [2.24, 2.45) is 5.16 Å². The molecule has 2 aromatic rings. The maximum atomic E-state index is 11.6. The van der Waals surface area contributed by atoms with Crippen molar-refractivity contribution in [1.82, 2.24) is 4.98 Å². The molecule has 0 aliphatic heterocycles. The van der Waals surface area contributed by atoms with Gasteiger partial charge in [-0.1, -0.05) is 17.3 Å². The molecule has 0 bridgehead atoms. The minimum absolute atomic E-state index is 0.161. The van der Waals surface area contributed by atoms with Crippen LogP contribution in [0.5, 0.6) is 0 Å². The Kier molecular flexibility index (Phi) is 4.63. The van der Waals surface area contributed by atoms with Gasteiger partial charge in [0.15, 0.2) is 6.61 Å². The van der Waals surface area contributed by atoms with Gasteiger partial charge in [-0.3, -0.25) is 4.98 Å². The normalized spacial score (nSPS) is 11.1. The van der Waals surface area contributed by atoms with Gasteiger partial charge in [-0.05, 0) is 23.6 Å². The molecule has 0 spiro atoms. The van der Waals surface area contributed by atoms with Gasteiger partial charge in [0.05, 0.1) is 17.7 Å². The van der Waals surface area contributed by atoms with Crippen LogP contribution in [0.2, 0.25) is 0 Å². The van der Waals surface area contributed by atoms with Crippen molar-refractivity contribution >= 4 is 23.0 Å². The summed E-state index contributed by atoms with van der Waals surface area (Å²) in [6, 6.07) is 9.11. The number of methoxy groups -OCH3 is 1. The Balaban J connectivity index is 2.07. The van der Waals surface area contributed by atoms with E-state index in [1.165, 1.54) is 18.4 Å². The molecule has 0 N–H and O–H groups in total. The third-order valence-corrected chi connectivity index (χ3v) is 3.10. The maximum Gasteiger partial charge on any atom is 0.361 e. The molecular weight excluding hydrogens is 264 g/mol. The highest BCUT2D eigenvalue weighted by molar-refractivity contribution is 7.13. The van der Waals surface area contributed by atoms with E-state index in [9.17, 15) is 4.79 Å². The summed E-state index contributed by atoms with van der Waals surface area (Å²) in [6.45, 7) is 0.201. The fourth-order valence-corrected chi connectivity index (χ4v) is 2.03. The Labute approximate surface area is 114 Å². The summed E-state index contributed by atoms with van der Waals surface area (Å²) in [5.74, 6) is -0.525. The molecule has 5 nitrogen and oxygen atoms in total. The average molecular weight is 276 g/mol. The fourth-order valence-electron chi connectivity index (χ4n) is 1.34. The molecule has 0 radical (unpaired) electrons. The number of nitrogens with zero attached hydrogens (tertiary/aromatic N) is 2. The molecule has 0 aliphatic carbocycles. The first-order chi connectivity index (χ1) is 9.31. The van der Waals surface area contributed by atoms with Crippen molar-refractivity contribution in [3.05, 3.63) is 52.5 Å². The van der Waals surface area contributed by atoms with Crippen LogP contribution in [0.1, 0.15) is 10.6 Å². The molecule has 0 atom stereocenters. The predicted molar refractivity (Wildman–Crippen MR) is 71.9 cm³/mol. The zero-order valence-electron chi connectivity index (χ0n) is 10.3. The molecule has 2 rings (SSSR count). The van der Waals surface area contributed by atoms with E-state index in [2.05, 4.69) is 14.9 Å². The van der Waals surface area contributed by atoms with Gasteiger partial charge in [0.2, 0.25) is 5.71 Å². The number of hydrogen-bond acceptors (Lipinski definition) is 6. The largest absolute Gasteiger partial charge is 0.464 e. The smallest absolute Gasteiger partial charge is 0.361 e. The first-order valence-electron chi connectivity index (χ1n) is 5.53. The van der Waals surface area contributed by atoms with E-state index in [1.54, 1.807) is 12.3 Å². The van der Waals surface area contributed by atoms with E-state index < -0.39 is 5.97 Å². The van der Waals surface area contributed by atoms with Gasteiger partial charge in [0, 0.05) is 6.20 Å². The van der Waals surface area contributed by atoms with Gasteiger partial charge >= 0.3 is 5.97 Å². The number of carbonyl (C=O) groups excluding carboxylic acids is 1. The number of ether oxygens (including phenoxy) is 1. The van der Waals surface area contributed by atoms with Crippen LogP contribution < -0.4 is 0 Å². The number of pyridine rings is 1. The molecule has 2 aromatic heterocycles. The second-order valence-corrected chi connectivity index (χ2v) is 4.45. The highest BCUT2D eigenvalue weighted by atomic mass is 32.1. The third-order valence-electron chi connectivity index (χ3n) is 2.23. The van der Waals surface area contributed by atoms with E-state index >= 15 is 0 Å². The van der Waals surface area contributed by atoms with Gasteiger partial charge in [-0.15, -0.1) is 11.3 Å². The summed E-state index contributed by atoms with van der Waals surface area (Å²) in [5, 5.41) is 5.70. The third kappa shape index (κ3) is 3.62. The minimum atomic E-state index is -0.525. The van der Waals surface area contributed by atoms with Crippen LogP contribution in [0.25, 0.3) is 0 Å². The van der Waals surface area contributed by atoms with Crippen LogP contribution in [0.15, 0.2) is 47.1 Å². The van der Waals surface area contributed by atoms with Gasteiger partial charge in [0.25, 0.3) is 0 Å². The van der Waals surface area contributed by atoms with Crippen molar-refractivity contribution in [2.45, 2.75) is 6.61 Å². The average Bonchev–Trinajstić information content (AvgIpc) is 2.98. The molecule has 98 valence electrons. The van der Waals surface area contributed by atoms with E-state index in [0.29, 0.717) is 4.88 Å². The zero-order chi connectivity index (χ0) is 13.5. The summed E-state index contributed by atoms with van der Waals surface area (Å²) in [5.41, 5.74) is 0.898. The summed E-state index contributed by atoms with van der Waals surface area (Å²) in [4.78, 5) is 21.6. The summed E-state index contributed by atoms with van der Waals surface area (Å²) in [6.07, 6.45) is 1.67. The van der Waals surface area contributed by atoms with Crippen molar-refractivity contribution in [1.29, 1.82) is 0 Å². The summed E-state index contributed by atoms with van der Waals surface area (Å²) >= 11 is 1.39. The predicted octanol–water partition coefficient (Wildman–Crippen LogP) is 2.24. The number of oxime groups is 1. The molecule has 0 aliphatic rings. The van der Waals surface area contributed by atoms with Crippen LogP contribution in [-0.4, -0.2) is 23.8 Å². The molecule has 0 amide bonds. The Morgan fingerprint density at radius 2 is 2.26 bits per heavy atom. The van der Waals surface area contributed by atoms with E-state index in [4.69, 9.17) is 4.84 Å². The molecule has 0 saturated heterocycles. The lowest BCUT2D eigenvalue weighted by Crippen LogP contribution is -2.16. The minimum Gasteiger partial charge on any atom is -0.464 e. The molecule has 19 heavy (non-hydrogen) atoms. The lowest BCUT2D eigenvalue weighted by atomic mass is 10.3. The lowest BCUT2D eigenvalue weighted by molar-refractivity contribution is -0.132. The maximum absolute atomic E-state index is 11.6. The van der Waals surface area contributed by atoms with Crippen molar-refractivity contribution in [3.8, 4) is 0 Å². The topological polar surface area (TPSA) is 60.8 Å². The second kappa shape index (κ2) is 6.65. The van der Waals surface area contributed by atoms with Crippen LogP contribution in [-0.2, 0) is 21.0 Å². The van der Waals surface area contributed by atoms with Gasteiger partial charge < -0.3 is 9.57 Å². The SMILES string of the molecule is COC(=O)C(=NOCc1ccccn1)c1cccs1. The standard InChI is InChI=1S/C13H12N2O3S/c1-17-13(16)12(11-6-4-8-19-11)15-18-9-10-5-2-3-7-14-10/h2-8H,9H2,1H3. The molecule has 0 unspecified atom stereocenters. The fraction of sp³-hybridized carbons (Fsp3) is 0.154. The highest BCUT2D eigenvalue weighted by Gasteiger charge is 2.16. The first-order valence-corrected chi connectivity index (χ1v) is 6.41. The number of carbonyl (C=O) groups is 1. The van der Waals surface area contributed by atoms with E-state index in [1.807, 2.05) is 29.6 Å². The second-order valence-electron chi connectivity index (χ2n) is 3.50. The first kappa shape index (κ1) is 13.2. The Hall–Kier alpha value is -2.21. The molecule has 0 aromatic carbocycles. The van der Waals surface area contributed by atoms with E-state index in [0.717, 1.165) is 5.69 Å². The van der Waals surface area contributed by atoms with Crippen LogP contribution >= 0.6 is 11.3 Å². The van der Waals surface area contributed by atoms with Crippen molar-refractivity contribution in [3.63, 3.8) is 0 Å².